The summed E-state index contributed by atoms with van der Waals surface area (Å²) >= 11 is 0. The van der Waals surface area contributed by atoms with Gasteiger partial charge in [0.05, 0.1) is 19.9 Å². The largest absolute Gasteiger partial charge is 0.504 e. The lowest BCUT2D eigenvalue weighted by atomic mass is 10.0. The Labute approximate surface area is 154 Å². The number of hydrogen-bond donors (Lipinski definition) is 2. The quantitative estimate of drug-likeness (QED) is 0.633. The number of aliphatic imine (C=N–C) groups is 1. The highest BCUT2D eigenvalue weighted by atomic mass is 16.5. The third kappa shape index (κ3) is 4.09. The van der Waals surface area contributed by atoms with E-state index in [1.807, 2.05) is 24.0 Å². The highest BCUT2D eigenvalue weighted by Gasteiger charge is 2.26. The first-order valence-electron chi connectivity index (χ1n) is 8.98. The molecule has 1 saturated heterocycles. The second-order valence-corrected chi connectivity index (χ2v) is 6.56. The van der Waals surface area contributed by atoms with Gasteiger partial charge in [0.2, 0.25) is 0 Å². The van der Waals surface area contributed by atoms with Crippen molar-refractivity contribution in [1.29, 1.82) is 0 Å². The van der Waals surface area contributed by atoms with Gasteiger partial charge in [-0.05, 0) is 36.6 Å². The van der Waals surface area contributed by atoms with E-state index in [4.69, 9.17) is 9.73 Å². The molecule has 1 aliphatic rings. The molecule has 26 heavy (non-hydrogen) atoms. The SMILES string of the molecule is CCNC(=NCc1ccc(OC)c(O)c1)N1CCC(c2cnn(C)c2)C1. The van der Waals surface area contributed by atoms with Crippen LogP contribution in [-0.2, 0) is 13.6 Å². The molecule has 1 aromatic heterocycles. The fourth-order valence-corrected chi connectivity index (χ4v) is 3.30. The standard InChI is InChI=1S/C19H27N5O2/c1-4-20-19(21-10-14-5-6-18(26-3)17(25)9-14)24-8-7-15(13-24)16-11-22-23(2)12-16/h5-6,9,11-12,15,25H,4,7-8,10,13H2,1-3H3,(H,20,21). The number of phenols is 1. The van der Waals surface area contributed by atoms with Gasteiger partial charge >= 0.3 is 0 Å². The fourth-order valence-electron chi connectivity index (χ4n) is 3.30. The molecule has 7 nitrogen and oxygen atoms in total. The molecule has 0 amide bonds. The van der Waals surface area contributed by atoms with Gasteiger partial charge in [0, 0.05) is 38.8 Å². The number of aryl methyl sites for hydroxylation is 1. The van der Waals surface area contributed by atoms with Crippen molar-refractivity contribution in [2.24, 2.45) is 12.0 Å². The molecule has 1 unspecified atom stereocenters. The fraction of sp³-hybridized carbons (Fsp3) is 0.474. The van der Waals surface area contributed by atoms with Crippen LogP contribution in [0.1, 0.15) is 30.4 Å². The molecule has 2 heterocycles. The highest BCUT2D eigenvalue weighted by molar-refractivity contribution is 5.80. The molecule has 1 aromatic carbocycles. The molecule has 2 N–H and O–H groups in total. The maximum absolute atomic E-state index is 9.93. The maximum Gasteiger partial charge on any atom is 0.194 e. The third-order valence-corrected chi connectivity index (χ3v) is 4.67. The predicted octanol–water partition coefficient (Wildman–Crippen LogP) is 2.09. The average molecular weight is 357 g/mol. The van der Waals surface area contributed by atoms with Crippen molar-refractivity contribution in [2.75, 3.05) is 26.7 Å². The van der Waals surface area contributed by atoms with Crippen LogP contribution in [-0.4, -0.2) is 52.5 Å². The molecular formula is C19H27N5O2. The minimum absolute atomic E-state index is 0.142. The van der Waals surface area contributed by atoms with Gasteiger partial charge < -0.3 is 20.1 Å². The van der Waals surface area contributed by atoms with Crippen LogP contribution in [0.4, 0.5) is 0 Å². The molecule has 1 aliphatic heterocycles. The van der Waals surface area contributed by atoms with Crippen LogP contribution in [0.5, 0.6) is 11.5 Å². The lowest BCUT2D eigenvalue weighted by Crippen LogP contribution is -2.40. The van der Waals surface area contributed by atoms with Crippen LogP contribution in [0, 0.1) is 0 Å². The minimum atomic E-state index is 0.142. The Hall–Kier alpha value is -2.70. The summed E-state index contributed by atoms with van der Waals surface area (Å²) in [6.45, 7) is 5.31. The summed E-state index contributed by atoms with van der Waals surface area (Å²) in [5.41, 5.74) is 2.23. The van der Waals surface area contributed by atoms with E-state index in [0.717, 1.165) is 37.6 Å². The third-order valence-electron chi connectivity index (χ3n) is 4.67. The summed E-state index contributed by atoms with van der Waals surface area (Å²) in [6, 6.07) is 5.39. The highest BCUT2D eigenvalue weighted by Crippen LogP contribution is 2.28. The average Bonchev–Trinajstić information content (AvgIpc) is 3.27. The molecule has 0 aliphatic carbocycles. The Morgan fingerprint density at radius 1 is 1.46 bits per heavy atom. The second-order valence-electron chi connectivity index (χ2n) is 6.56. The van der Waals surface area contributed by atoms with Crippen LogP contribution in [0.3, 0.4) is 0 Å². The Morgan fingerprint density at radius 2 is 2.31 bits per heavy atom. The van der Waals surface area contributed by atoms with E-state index >= 15 is 0 Å². The first-order chi connectivity index (χ1) is 12.6. The van der Waals surface area contributed by atoms with Crippen molar-refractivity contribution in [3.05, 3.63) is 41.7 Å². The molecule has 0 spiro atoms. The van der Waals surface area contributed by atoms with Crippen LogP contribution < -0.4 is 10.1 Å². The van der Waals surface area contributed by atoms with Crippen molar-refractivity contribution in [3.8, 4) is 11.5 Å². The number of ether oxygens (including phenoxy) is 1. The van der Waals surface area contributed by atoms with Gasteiger partial charge in [-0.1, -0.05) is 6.07 Å². The molecule has 140 valence electrons. The number of hydrogen-bond acceptors (Lipinski definition) is 4. The van der Waals surface area contributed by atoms with Crippen molar-refractivity contribution in [3.63, 3.8) is 0 Å². The van der Waals surface area contributed by atoms with Gasteiger partial charge in [-0.15, -0.1) is 0 Å². The molecule has 1 fully saturated rings. The van der Waals surface area contributed by atoms with Crippen LogP contribution >= 0.6 is 0 Å². The summed E-state index contributed by atoms with van der Waals surface area (Å²) in [5, 5.41) is 17.6. The molecule has 2 aromatic rings. The number of aromatic hydroxyl groups is 1. The van der Waals surface area contributed by atoms with Gasteiger partial charge in [0.15, 0.2) is 17.5 Å². The van der Waals surface area contributed by atoms with E-state index in [-0.39, 0.29) is 5.75 Å². The summed E-state index contributed by atoms with van der Waals surface area (Å²) in [5.74, 6) is 2.01. The lowest BCUT2D eigenvalue weighted by Gasteiger charge is -2.21. The van der Waals surface area contributed by atoms with Crippen LogP contribution in [0.25, 0.3) is 0 Å². The van der Waals surface area contributed by atoms with Gasteiger partial charge in [-0.2, -0.15) is 5.10 Å². The zero-order valence-corrected chi connectivity index (χ0v) is 15.6. The van der Waals surface area contributed by atoms with E-state index in [9.17, 15) is 5.11 Å². The van der Waals surface area contributed by atoms with Crippen LogP contribution in [0.2, 0.25) is 0 Å². The van der Waals surface area contributed by atoms with E-state index in [1.165, 1.54) is 5.56 Å². The van der Waals surface area contributed by atoms with Crippen molar-refractivity contribution >= 4 is 5.96 Å². The Kier molecular flexibility index (Phi) is 5.65. The summed E-state index contributed by atoms with van der Waals surface area (Å²) in [7, 11) is 3.49. The lowest BCUT2D eigenvalue weighted by molar-refractivity contribution is 0.373. The van der Waals surface area contributed by atoms with Crippen molar-refractivity contribution in [2.45, 2.75) is 25.8 Å². The molecule has 3 rings (SSSR count). The number of phenolic OH excluding ortho intramolecular Hbond substituents is 1. The molecule has 1 atom stereocenters. The van der Waals surface area contributed by atoms with Crippen molar-refractivity contribution < 1.29 is 9.84 Å². The first-order valence-corrected chi connectivity index (χ1v) is 8.98. The first kappa shape index (κ1) is 18.1. The van der Waals surface area contributed by atoms with Gasteiger partial charge in [-0.25, -0.2) is 4.99 Å². The molecule has 0 radical (unpaired) electrons. The number of aromatic nitrogens is 2. The molecule has 0 bridgehead atoms. The number of rotatable bonds is 5. The van der Waals surface area contributed by atoms with Gasteiger partial charge in [0.1, 0.15) is 0 Å². The normalized spacial score (nSPS) is 17.6. The van der Waals surface area contributed by atoms with Gasteiger partial charge in [0.25, 0.3) is 0 Å². The van der Waals surface area contributed by atoms with Gasteiger partial charge in [-0.3, -0.25) is 4.68 Å². The number of guanidine groups is 1. The zero-order chi connectivity index (χ0) is 18.5. The number of nitrogens with one attached hydrogen (secondary N) is 1. The topological polar surface area (TPSA) is 74.9 Å². The zero-order valence-electron chi connectivity index (χ0n) is 15.6. The molecule has 0 saturated carbocycles. The molecular weight excluding hydrogens is 330 g/mol. The predicted molar refractivity (Wildman–Crippen MR) is 102 cm³/mol. The van der Waals surface area contributed by atoms with E-state index in [0.29, 0.717) is 18.2 Å². The summed E-state index contributed by atoms with van der Waals surface area (Å²) in [6.07, 6.45) is 5.15. The molecule has 7 heteroatoms. The Balaban J connectivity index is 1.68. The number of methoxy groups -OCH3 is 1. The monoisotopic (exact) mass is 357 g/mol. The van der Waals surface area contributed by atoms with Crippen LogP contribution in [0.15, 0.2) is 35.6 Å². The van der Waals surface area contributed by atoms with Crippen molar-refractivity contribution in [1.82, 2.24) is 20.0 Å². The minimum Gasteiger partial charge on any atom is -0.504 e. The van der Waals surface area contributed by atoms with E-state index in [1.54, 1.807) is 19.2 Å². The number of likely N-dealkylation sites (tertiary alicyclic amines) is 1. The van der Waals surface area contributed by atoms with E-state index in [2.05, 4.69) is 28.4 Å². The Morgan fingerprint density at radius 3 is 2.96 bits per heavy atom. The summed E-state index contributed by atoms with van der Waals surface area (Å²) < 4.78 is 6.94. The Bertz CT molecular complexity index is 771. The second kappa shape index (κ2) is 8.12. The summed E-state index contributed by atoms with van der Waals surface area (Å²) in [4.78, 5) is 7.05. The number of benzene rings is 1. The van der Waals surface area contributed by atoms with E-state index < -0.39 is 0 Å². The maximum atomic E-state index is 9.93. The smallest absolute Gasteiger partial charge is 0.194 e. The number of nitrogens with zero attached hydrogens (tertiary/aromatic N) is 4.